The van der Waals surface area contributed by atoms with Crippen molar-refractivity contribution in [1.29, 1.82) is 0 Å². The van der Waals surface area contributed by atoms with Gasteiger partial charge in [-0.25, -0.2) is 0 Å². The average molecular weight is 364 g/mol. The average Bonchev–Trinajstić information content (AvgIpc) is 2.89. The SMILES string of the molecule is O=C1O[C@H](C[AsH2])CN1c1ccc(-c2ccc(O)nc2)c(F)c1. The number of hydrogen-bond acceptors (Lipinski definition) is 4. The van der Waals surface area contributed by atoms with Crippen LogP contribution in [0.1, 0.15) is 0 Å². The van der Waals surface area contributed by atoms with Crippen molar-refractivity contribution in [3.63, 3.8) is 0 Å². The Hall–Kier alpha value is -2.07. The molecule has 0 saturated carbocycles. The topological polar surface area (TPSA) is 62.7 Å². The molecule has 5 nitrogen and oxygen atoms in total. The Labute approximate surface area is 135 Å². The number of aromatic hydroxyl groups is 1. The molecule has 22 heavy (non-hydrogen) atoms. The van der Waals surface area contributed by atoms with Gasteiger partial charge in [0.05, 0.1) is 0 Å². The first kappa shape index (κ1) is 14.8. The first-order valence-corrected chi connectivity index (χ1v) is 8.43. The second-order valence-corrected chi connectivity index (χ2v) is 5.91. The summed E-state index contributed by atoms with van der Waals surface area (Å²) in [5.41, 5.74) is 1.39. The summed E-state index contributed by atoms with van der Waals surface area (Å²) in [6, 6.07) is 7.56. The van der Waals surface area contributed by atoms with E-state index in [1.54, 1.807) is 18.2 Å². The van der Waals surface area contributed by atoms with Crippen molar-refractivity contribution >= 4 is 28.6 Å². The van der Waals surface area contributed by atoms with Crippen LogP contribution < -0.4 is 4.90 Å². The molecule has 0 aliphatic carbocycles. The fourth-order valence-electron chi connectivity index (χ4n) is 2.31. The molecule has 1 N–H and O–H groups in total. The van der Waals surface area contributed by atoms with Crippen LogP contribution in [0, 0.1) is 5.82 Å². The second kappa shape index (κ2) is 5.97. The fourth-order valence-corrected chi connectivity index (χ4v) is 2.82. The van der Waals surface area contributed by atoms with Gasteiger partial charge >= 0.3 is 130 Å². The van der Waals surface area contributed by atoms with Gasteiger partial charge in [-0.2, -0.15) is 0 Å². The predicted octanol–water partition coefficient (Wildman–Crippen LogP) is 1.97. The van der Waals surface area contributed by atoms with Crippen molar-refractivity contribution < 1.29 is 19.0 Å². The van der Waals surface area contributed by atoms with E-state index < -0.39 is 11.9 Å². The molecule has 1 aliphatic heterocycles. The zero-order valence-electron chi connectivity index (χ0n) is 11.6. The van der Waals surface area contributed by atoms with Gasteiger partial charge < -0.3 is 5.11 Å². The summed E-state index contributed by atoms with van der Waals surface area (Å²) in [4.78, 5) is 17.0. The zero-order valence-corrected chi connectivity index (χ0v) is 14.0. The van der Waals surface area contributed by atoms with Gasteiger partial charge in [0.1, 0.15) is 0 Å². The molecule has 2 aromatic rings. The fraction of sp³-hybridized carbons (Fsp3) is 0.200. The molecule has 1 unspecified atom stereocenters. The maximum atomic E-state index is 14.3. The van der Waals surface area contributed by atoms with Crippen LogP contribution in [-0.4, -0.2) is 45.7 Å². The monoisotopic (exact) mass is 364 g/mol. The predicted molar refractivity (Wildman–Crippen MR) is 82.3 cm³/mol. The number of pyridine rings is 1. The van der Waals surface area contributed by atoms with E-state index in [9.17, 15) is 14.3 Å². The summed E-state index contributed by atoms with van der Waals surface area (Å²) < 4.78 is 19.5. The summed E-state index contributed by atoms with van der Waals surface area (Å²) in [6.45, 7) is 0.441. The van der Waals surface area contributed by atoms with E-state index in [4.69, 9.17) is 4.74 Å². The van der Waals surface area contributed by atoms with Gasteiger partial charge in [-0.15, -0.1) is 0 Å². The molecule has 1 aliphatic rings. The molecule has 1 fully saturated rings. The van der Waals surface area contributed by atoms with E-state index in [2.05, 4.69) is 4.98 Å². The van der Waals surface area contributed by atoms with Gasteiger partial charge in [0.25, 0.3) is 0 Å². The molecule has 2 heterocycles. The van der Waals surface area contributed by atoms with E-state index >= 15 is 0 Å². The Morgan fingerprint density at radius 2 is 2.23 bits per heavy atom. The molecule has 114 valence electrons. The summed E-state index contributed by atoms with van der Waals surface area (Å²) in [5, 5.41) is 9.96. The van der Waals surface area contributed by atoms with Crippen LogP contribution in [-0.2, 0) is 4.74 Å². The molecule has 1 saturated heterocycles. The molecule has 1 aromatic heterocycles. The Bertz CT molecular complexity index is 708. The Balaban J connectivity index is 1.89. The summed E-state index contributed by atoms with van der Waals surface area (Å²) >= 11 is 1.49. The van der Waals surface area contributed by atoms with E-state index in [1.165, 1.54) is 40.1 Å². The third kappa shape index (κ3) is 2.79. The van der Waals surface area contributed by atoms with Gasteiger partial charge in [0, 0.05) is 0 Å². The maximum absolute atomic E-state index is 14.3. The number of benzene rings is 1. The van der Waals surface area contributed by atoms with Crippen LogP contribution in [0.4, 0.5) is 14.9 Å². The first-order valence-electron chi connectivity index (χ1n) is 6.71. The van der Waals surface area contributed by atoms with Crippen LogP contribution in [0.2, 0.25) is 5.21 Å². The van der Waals surface area contributed by atoms with E-state index in [-0.39, 0.29) is 12.0 Å². The van der Waals surface area contributed by atoms with Crippen LogP contribution in [0.3, 0.4) is 0 Å². The van der Waals surface area contributed by atoms with Crippen molar-refractivity contribution in [2.24, 2.45) is 0 Å². The van der Waals surface area contributed by atoms with Crippen LogP contribution in [0.25, 0.3) is 11.1 Å². The number of ether oxygens (including phenoxy) is 1. The van der Waals surface area contributed by atoms with E-state index in [0.717, 1.165) is 5.21 Å². The molecule has 1 aromatic carbocycles. The van der Waals surface area contributed by atoms with E-state index in [0.29, 0.717) is 23.4 Å². The molecule has 3 rings (SSSR count). The number of nitrogens with zero attached hydrogens (tertiary/aromatic N) is 2. The molecule has 7 heteroatoms. The third-order valence-corrected chi connectivity index (χ3v) is 4.56. The Morgan fingerprint density at radius 3 is 2.82 bits per heavy atom. The van der Waals surface area contributed by atoms with Crippen LogP contribution in [0.15, 0.2) is 36.5 Å². The number of carbonyl (C=O) groups excluding carboxylic acids is 1. The van der Waals surface area contributed by atoms with Gasteiger partial charge in [-0.1, -0.05) is 0 Å². The Kier molecular flexibility index (Phi) is 4.03. The van der Waals surface area contributed by atoms with E-state index in [1.807, 2.05) is 0 Å². The van der Waals surface area contributed by atoms with Crippen molar-refractivity contribution in [2.75, 3.05) is 11.4 Å². The number of carbonyl (C=O) groups is 1. The summed E-state index contributed by atoms with van der Waals surface area (Å²) in [5.74, 6) is -0.574. The minimum atomic E-state index is -0.457. The number of anilines is 1. The minimum absolute atomic E-state index is 0.118. The quantitative estimate of drug-likeness (QED) is 0.846. The van der Waals surface area contributed by atoms with Crippen molar-refractivity contribution in [3.05, 3.63) is 42.3 Å². The number of aromatic nitrogens is 1. The molecular formula is C15H14AsFN2O3. The van der Waals surface area contributed by atoms with Crippen LogP contribution in [0.5, 0.6) is 5.88 Å². The normalized spacial score (nSPS) is 17.6. The number of amides is 1. The molecule has 0 radical (unpaired) electrons. The third-order valence-electron chi connectivity index (χ3n) is 3.46. The second-order valence-electron chi connectivity index (χ2n) is 4.92. The number of hydrogen-bond donors (Lipinski definition) is 1. The molecule has 2 atom stereocenters. The van der Waals surface area contributed by atoms with Gasteiger partial charge in [0.15, 0.2) is 0 Å². The number of halogens is 1. The van der Waals surface area contributed by atoms with Gasteiger partial charge in [-0.3, -0.25) is 0 Å². The van der Waals surface area contributed by atoms with Crippen LogP contribution >= 0.6 is 0 Å². The number of rotatable bonds is 3. The van der Waals surface area contributed by atoms with Crippen molar-refractivity contribution in [3.8, 4) is 17.0 Å². The molecule has 0 spiro atoms. The Morgan fingerprint density at radius 1 is 1.41 bits per heavy atom. The first-order chi connectivity index (χ1) is 10.6. The number of cyclic esters (lactones) is 1. The van der Waals surface area contributed by atoms with Gasteiger partial charge in [0.2, 0.25) is 0 Å². The molecule has 0 bridgehead atoms. The van der Waals surface area contributed by atoms with Crippen molar-refractivity contribution in [1.82, 2.24) is 4.98 Å². The zero-order chi connectivity index (χ0) is 15.7. The standard InChI is InChI=1S/C15H14AsFN2O3/c16-6-11-8-19(15(21)22-11)10-2-3-12(13(17)5-10)9-1-4-14(20)18-7-9/h1-5,7,11H,6,8,16H2,(H,18,20)/t11-/m1/s1. The molecule has 1 amide bonds. The summed E-state index contributed by atoms with van der Waals surface area (Å²) in [6.07, 6.45) is 0.824. The van der Waals surface area contributed by atoms with Gasteiger partial charge in [-0.05, 0) is 0 Å². The summed E-state index contributed by atoms with van der Waals surface area (Å²) in [7, 11) is 0. The molecular weight excluding hydrogens is 350 g/mol. The van der Waals surface area contributed by atoms with Crippen molar-refractivity contribution in [2.45, 2.75) is 11.3 Å².